The van der Waals surface area contributed by atoms with Crippen molar-refractivity contribution < 1.29 is 0 Å². The van der Waals surface area contributed by atoms with Crippen molar-refractivity contribution in [3.8, 4) is 11.4 Å². The molecule has 3 nitrogen and oxygen atoms in total. The summed E-state index contributed by atoms with van der Waals surface area (Å²) < 4.78 is 3.41. The maximum Gasteiger partial charge on any atom is 0.143 e. The summed E-state index contributed by atoms with van der Waals surface area (Å²) in [6.45, 7) is 2.04. The van der Waals surface area contributed by atoms with Gasteiger partial charge in [0.05, 0.1) is 11.0 Å². The molecule has 21 heavy (non-hydrogen) atoms. The molecule has 0 radical (unpaired) electrons. The first kappa shape index (κ1) is 12.9. The Morgan fingerprint density at radius 1 is 1.24 bits per heavy atom. The molecule has 0 unspecified atom stereocenters. The quantitative estimate of drug-likeness (QED) is 0.687. The lowest BCUT2D eigenvalue weighted by molar-refractivity contribution is 0.775. The third kappa shape index (κ3) is 2.05. The molecule has 106 valence electrons. The highest BCUT2D eigenvalue weighted by Crippen LogP contribution is 2.42. The monoisotopic (exact) mass is 341 g/mol. The van der Waals surface area contributed by atoms with E-state index in [4.69, 9.17) is 10.7 Å². The van der Waals surface area contributed by atoms with Crippen LogP contribution in [0.3, 0.4) is 0 Å². The number of imidazole rings is 1. The highest BCUT2D eigenvalue weighted by atomic mass is 79.9. The number of fused-ring (bicyclic) bond motifs is 1. The van der Waals surface area contributed by atoms with E-state index in [0.717, 1.165) is 32.6 Å². The Labute approximate surface area is 131 Å². The van der Waals surface area contributed by atoms with Crippen LogP contribution in [0.15, 0.2) is 40.9 Å². The van der Waals surface area contributed by atoms with Crippen molar-refractivity contribution in [1.82, 2.24) is 9.55 Å². The number of para-hydroxylation sites is 1. The zero-order valence-electron chi connectivity index (χ0n) is 11.8. The molecule has 1 aliphatic carbocycles. The van der Waals surface area contributed by atoms with Crippen LogP contribution in [-0.2, 0) is 0 Å². The molecule has 1 saturated carbocycles. The molecule has 0 aliphatic heterocycles. The zero-order valence-corrected chi connectivity index (χ0v) is 13.4. The number of halogens is 1. The SMILES string of the molecule is Cc1cccc(-c2nc3cc(Br)ccc3n2C2CC2)c1N. The topological polar surface area (TPSA) is 43.8 Å². The average Bonchev–Trinajstić information content (AvgIpc) is 3.23. The molecular formula is C17H16BrN3. The average molecular weight is 342 g/mol. The largest absolute Gasteiger partial charge is 0.398 e. The minimum atomic E-state index is 0.561. The Morgan fingerprint density at radius 3 is 2.81 bits per heavy atom. The molecule has 4 heteroatoms. The Kier molecular flexibility index (Phi) is 2.82. The molecule has 0 saturated heterocycles. The number of benzene rings is 2. The summed E-state index contributed by atoms with van der Waals surface area (Å²) in [6.07, 6.45) is 2.44. The number of aryl methyl sites for hydroxylation is 1. The van der Waals surface area contributed by atoms with Crippen LogP contribution >= 0.6 is 15.9 Å². The Bertz CT molecular complexity index is 847. The highest BCUT2D eigenvalue weighted by Gasteiger charge is 2.29. The molecule has 1 heterocycles. The third-order valence-electron chi connectivity index (χ3n) is 4.13. The maximum absolute atomic E-state index is 6.29. The number of hydrogen-bond donors (Lipinski definition) is 1. The van der Waals surface area contributed by atoms with Crippen molar-refractivity contribution in [3.05, 3.63) is 46.4 Å². The molecule has 2 N–H and O–H groups in total. The first-order chi connectivity index (χ1) is 10.1. The lowest BCUT2D eigenvalue weighted by Gasteiger charge is -2.11. The van der Waals surface area contributed by atoms with E-state index in [2.05, 4.69) is 44.8 Å². The van der Waals surface area contributed by atoms with Crippen molar-refractivity contribution in [2.24, 2.45) is 0 Å². The molecule has 0 spiro atoms. The summed E-state index contributed by atoms with van der Waals surface area (Å²) in [4.78, 5) is 4.86. The maximum atomic E-state index is 6.29. The Balaban J connectivity index is 2.03. The summed E-state index contributed by atoms with van der Waals surface area (Å²) in [5, 5.41) is 0. The van der Waals surface area contributed by atoms with Crippen molar-refractivity contribution in [2.45, 2.75) is 25.8 Å². The van der Waals surface area contributed by atoms with E-state index in [1.807, 2.05) is 19.1 Å². The van der Waals surface area contributed by atoms with Gasteiger partial charge in [-0.15, -0.1) is 0 Å². The van der Waals surface area contributed by atoms with Crippen molar-refractivity contribution >= 4 is 32.7 Å². The molecule has 1 aliphatic rings. The van der Waals surface area contributed by atoms with Gasteiger partial charge in [-0.1, -0.05) is 28.1 Å². The molecule has 0 amide bonds. The second-order valence-electron chi connectivity index (χ2n) is 5.71. The summed E-state index contributed by atoms with van der Waals surface area (Å²) >= 11 is 3.53. The van der Waals surface area contributed by atoms with Gasteiger partial charge < -0.3 is 10.3 Å². The predicted octanol–water partition coefficient (Wildman–Crippen LogP) is 4.69. The number of nitrogens with two attached hydrogens (primary N) is 1. The highest BCUT2D eigenvalue weighted by molar-refractivity contribution is 9.10. The van der Waals surface area contributed by atoms with Gasteiger partial charge in [-0.2, -0.15) is 0 Å². The molecule has 4 rings (SSSR count). The number of anilines is 1. The Hall–Kier alpha value is -1.81. The molecule has 2 aromatic carbocycles. The van der Waals surface area contributed by atoms with Crippen LogP contribution in [0.1, 0.15) is 24.4 Å². The minimum Gasteiger partial charge on any atom is -0.398 e. The predicted molar refractivity (Wildman–Crippen MR) is 90.3 cm³/mol. The van der Waals surface area contributed by atoms with E-state index in [-0.39, 0.29) is 0 Å². The molecule has 0 atom stereocenters. The lowest BCUT2D eigenvalue weighted by atomic mass is 10.1. The Morgan fingerprint density at radius 2 is 2.05 bits per heavy atom. The van der Waals surface area contributed by atoms with Crippen molar-refractivity contribution in [2.75, 3.05) is 5.73 Å². The standard InChI is InChI=1S/C17H16BrN3/c1-10-3-2-4-13(16(10)19)17-20-14-9-11(18)5-8-15(14)21(17)12-6-7-12/h2-5,8-9,12H,6-7,19H2,1H3. The molecule has 0 bridgehead atoms. The third-order valence-corrected chi connectivity index (χ3v) is 4.62. The molecular weight excluding hydrogens is 326 g/mol. The van der Waals surface area contributed by atoms with Gasteiger partial charge in [-0.3, -0.25) is 0 Å². The van der Waals surface area contributed by atoms with E-state index in [0.29, 0.717) is 6.04 Å². The number of nitrogens with zero attached hydrogens (tertiary/aromatic N) is 2. The van der Waals surface area contributed by atoms with E-state index in [1.165, 1.54) is 18.4 Å². The summed E-state index contributed by atoms with van der Waals surface area (Å²) in [7, 11) is 0. The van der Waals surface area contributed by atoms with E-state index in [1.54, 1.807) is 0 Å². The van der Waals surface area contributed by atoms with Crippen LogP contribution in [0.2, 0.25) is 0 Å². The van der Waals surface area contributed by atoms with Gasteiger partial charge >= 0.3 is 0 Å². The van der Waals surface area contributed by atoms with Crippen LogP contribution in [0.5, 0.6) is 0 Å². The van der Waals surface area contributed by atoms with Crippen LogP contribution < -0.4 is 5.73 Å². The van der Waals surface area contributed by atoms with Crippen LogP contribution in [0, 0.1) is 6.92 Å². The fourth-order valence-corrected chi connectivity index (χ4v) is 3.19. The smallest absolute Gasteiger partial charge is 0.143 e. The fourth-order valence-electron chi connectivity index (χ4n) is 2.84. The molecule has 3 aromatic rings. The second kappa shape index (κ2) is 4.60. The first-order valence-corrected chi connectivity index (χ1v) is 7.97. The first-order valence-electron chi connectivity index (χ1n) is 7.18. The van der Waals surface area contributed by atoms with Crippen molar-refractivity contribution in [1.29, 1.82) is 0 Å². The summed E-state index contributed by atoms with van der Waals surface area (Å²) in [6, 6.07) is 13.0. The van der Waals surface area contributed by atoms with E-state index in [9.17, 15) is 0 Å². The van der Waals surface area contributed by atoms with Crippen molar-refractivity contribution in [3.63, 3.8) is 0 Å². The summed E-state index contributed by atoms with van der Waals surface area (Å²) in [5.41, 5.74) is 11.5. The van der Waals surface area contributed by atoms with Gasteiger partial charge in [-0.25, -0.2) is 4.98 Å². The number of aromatic nitrogens is 2. The van der Waals surface area contributed by atoms with Crippen LogP contribution in [-0.4, -0.2) is 9.55 Å². The fraction of sp³-hybridized carbons (Fsp3) is 0.235. The molecule has 1 aromatic heterocycles. The number of rotatable bonds is 2. The molecule has 1 fully saturated rings. The van der Waals surface area contributed by atoms with Crippen LogP contribution in [0.25, 0.3) is 22.4 Å². The lowest BCUT2D eigenvalue weighted by Crippen LogP contribution is -2.01. The zero-order chi connectivity index (χ0) is 14.6. The van der Waals surface area contributed by atoms with Gasteiger partial charge in [0, 0.05) is 21.8 Å². The van der Waals surface area contributed by atoms with E-state index < -0.39 is 0 Å². The second-order valence-corrected chi connectivity index (χ2v) is 6.62. The van der Waals surface area contributed by atoms with Gasteiger partial charge in [0.25, 0.3) is 0 Å². The van der Waals surface area contributed by atoms with Gasteiger partial charge in [0.1, 0.15) is 5.82 Å². The van der Waals surface area contributed by atoms with Gasteiger partial charge in [-0.05, 0) is 49.6 Å². The van der Waals surface area contributed by atoms with E-state index >= 15 is 0 Å². The summed E-state index contributed by atoms with van der Waals surface area (Å²) in [5.74, 6) is 0.992. The van der Waals surface area contributed by atoms with Gasteiger partial charge in [0.2, 0.25) is 0 Å². The number of nitrogen functional groups attached to an aromatic ring is 1. The minimum absolute atomic E-state index is 0.561. The number of hydrogen-bond acceptors (Lipinski definition) is 2. The van der Waals surface area contributed by atoms with Gasteiger partial charge in [0.15, 0.2) is 0 Å². The van der Waals surface area contributed by atoms with Crippen LogP contribution in [0.4, 0.5) is 5.69 Å². The normalized spacial score (nSPS) is 14.8.